The maximum Gasteiger partial charge on any atom is 0.188 e. The Morgan fingerprint density at radius 3 is 2.65 bits per heavy atom. The van der Waals surface area contributed by atoms with Crippen LogP contribution in [-0.4, -0.2) is 32.8 Å². The van der Waals surface area contributed by atoms with Crippen LogP contribution < -0.4 is 11.1 Å². The first kappa shape index (κ1) is 14.3. The van der Waals surface area contributed by atoms with Crippen molar-refractivity contribution >= 4 is 5.96 Å². The van der Waals surface area contributed by atoms with Gasteiger partial charge in [-0.3, -0.25) is 4.99 Å². The lowest BCUT2D eigenvalue weighted by atomic mass is 9.78. The number of methoxy groups -OCH3 is 1. The van der Waals surface area contributed by atoms with Crippen LogP contribution in [0.25, 0.3) is 0 Å². The molecule has 3 N–H and O–H groups in total. The summed E-state index contributed by atoms with van der Waals surface area (Å²) in [7, 11) is 1.68. The lowest BCUT2D eigenvalue weighted by Gasteiger charge is -2.29. The number of hydrogen-bond acceptors (Lipinski definition) is 2. The molecular formula is C13H27N3O. The van der Waals surface area contributed by atoms with Crippen LogP contribution in [0, 0.1) is 11.3 Å². The van der Waals surface area contributed by atoms with Gasteiger partial charge in [-0.1, -0.05) is 26.7 Å². The van der Waals surface area contributed by atoms with Crippen molar-refractivity contribution in [3.8, 4) is 0 Å². The number of ether oxygens (including phenoxy) is 1. The molecule has 1 aliphatic carbocycles. The largest absolute Gasteiger partial charge is 0.383 e. The van der Waals surface area contributed by atoms with Crippen LogP contribution in [0.3, 0.4) is 0 Å². The third-order valence-electron chi connectivity index (χ3n) is 3.73. The van der Waals surface area contributed by atoms with Crippen molar-refractivity contribution in [3.05, 3.63) is 0 Å². The van der Waals surface area contributed by atoms with E-state index >= 15 is 0 Å². The fourth-order valence-corrected chi connectivity index (χ4v) is 2.46. The van der Waals surface area contributed by atoms with Gasteiger partial charge < -0.3 is 15.8 Å². The maximum absolute atomic E-state index is 5.80. The number of rotatable bonds is 6. The Bertz CT molecular complexity index is 245. The van der Waals surface area contributed by atoms with Crippen LogP contribution in [0.1, 0.15) is 39.5 Å². The summed E-state index contributed by atoms with van der Waals surface area (Å²) in [4.78, 5) is 4.44. The van der Waals surface area contributed by atoms with Gasteiger partial charge in [0.25, 0.3) is 0 Å². The smallest absolute Gasteiger partial charge is 0.188 e. The van der Waals surface area contributed by atoms with Crippen molar-refractivity contribution in [1.29, 1.82) is 0 Å². The van der Waals surface area contributed by atoms with Crippen molar-refractivity contribution < 1.29 is 4.74 Å². The molecule has 17 heavy (non-hydrogen) atoms. The van der Waals surface area contributed by atoms with Crippen LogP contribution in [0.5, 0.6) is 0 Å². The summed E-state index contributed by atoms with van der Waals surface area (Å²) in [5, 5.41) is 3.05. The quantitative estimate of drug-likeness (QED) is 0.423. The van der Waals surface area contributed by atoms with Gasteiger partial charge in [-0.15, -0.1) is 0 Å². The highest BCUT2D eigenvalue weighted by atomic mass is 16.5. The lowest BCUT2D eigenvalue weighted by molar-refractivity contribution is 0.203. The second-order valence-corrected chi connectivity index (χ2v) is 5.59. The van der Waals surface area contributed by atoms with E-state index < -0.39 is 0 Å². The Morgan fingerprint density at radius 1 is 1.41 bits per heavy atom. The molecule has 0 amide bonds. The molecule has 0 bridgehead atoms. The topological polar surface area (TPSA) is 59.6 Å². The summed E-state index contributed by atoms with van der Waals surface area (Å²) in [5.74, 6) is 1.34. The zero-order chi connectivity index (χ0) is 12.7. The van der Waals surface area contributed by atoms with Gasteiger partial charge in [0.05, 0.1) is 6.61 Å². The Labute approximate surface area is 105 Å². The summed E-state index contributed by atoms with van der Waals surface area (Å²) in [6.07, 6.45) is 5.44. The molecule has 0 spiro atoms. The molecule has 4 nitrogen and oxygen atoms in total. The molecule has 0 aromatic heterocycles. The number of aliphatic imine (C=N–C) groups is 1. The summed E-state index contributed by atoms with van der Waals surface area (Å²) in [6, 6.07) is 0. The summed E-state index contributed by atoms with van der Waals surface area (Å²) >= 11 is 0. The average Bonchev–Trinajstić information content (AvgIpc) is 2.81. The standard InChI is InChI=1S/C13H27N3O/c1-13(2,11-6-4-5-7-11)10-16-12(14)15-8-9-17-3/h11H,4-10H2,1-3H3,(H3,14,15,16). The number of nitrogens with one attached hydrogen (secondary N) is 1. The van der Waals surface area contributed by atoms with Gasteiger partial charge in [0, 0.05) is 20.2 Å². The van der Waals surface area contributed by atoms with Crippen LogP contribution in [0.15, 0.2) is 4.99 Å². The third-order valence-corrected chi connectivity index (χ3v) is 3.73. The highest BCUT2D eigenvalue weighted by Crippen LogP contribution is 2.39. The van der Waals surface area contributed by atoms with Gasteiger partial charge in [-0.2, -0.15) is 0 Å². The fraction of sp³-hybridized carbons (Fsp3) is 0.923. The molecule has 0 saturated heterocycles. The van der Waals surface area contributed by atoms with Crippen molar-refractivity contribution in [2.45, 2.75) is 39.5 Å². The Kier molecular flexibility index (Phi) is 5.75. The molecule has 0 heterocycles. The molecule has 0 aliphatic heterocycles. The van der Waals surface area contributed by atoms with E-state index in [1.54, 1.807) is 7.11 Å². The molecular weight excluding hydrogens is 214 g/mol. The van der Waals surface area contributed by atoms with Gasteiger partial charge in [0.2, 0.25) is 0 Å². The van der Waals surface area contributed by atoms with Crippen LogP contribution >= 0.6 is 0 Å². The predicted molar refractivity (Wildman–Crippen MR) is 72.1 cm³/mol. The minimum atomic E-state index is 0.268. The SMILES string of the molecule is COCCNC(N)=NCC(C)(C)C1CCCC1. The first-order valence-corrected chi connectivity index (χ1v) is 6.59. The van der Waals surface area contributed by atoms with Gasteiger partial charge >= 0.3 is 0 Å². The first-order valence-electron chi connectivity index (χ1n) is 6.59. The van der Waals surface area contributed by atoms with E-state index in [-0.39, 0.29) is 5.41 Å². The van der Waals surface area contributed by atoms with E-state index in [1.807, 2.05) is 0 Å². The van der Waals surface area contributed by atoms with Crippen LogP contribution in [-0.2, 0) is 4.74 Å². The molecule has 1 saturated carbocycles. The van der Waals surface area contributed by atoms with E-state index in [9.17, 15) is 0 Å². The Balaban J connectivity index is 2.33. The average molecular weight is 241 g/mol. The zero-order valence-electron chi connectivity index (χ0n) is 11.5. The highest BCUT2D eigenvalue weighted by Gasteiger charge is 2.31. The van der Waals surface area contributed by atoms with Gasteiger partial charge in [-0.05, 0) is 24.2 Å². The molecule has 100 valence electrons. The van der Waals surface area contributed by atoms with Crippen molar-refractivity contribution in [2.75, 3.05) is 26.8 Å². The minimum Gasteiger partial charge on any atom is -0.383 e. The van der Waals surface area contributed by atoms with Crippen molar-refractivity contribution in [3.63, 3.8) is 0 Å². The van der Waals surface area contributed by atoms with Gasteiger partial charge in [-0.25, -0.2) is 0 Å². The van der Waals surface area contributed by atoms with Crippen molar-refractivity contribution in [2.24, 2.45) is 22.1 Å². The maximum atomic E-state index is 5.80. The second-order valence-electron chi connectivity index (χ2n) is 5.59. The van der Waals surface area contributed by atoms with E-state index in [0.717, 1.165) is 19.0 Å². The van der Waals surface area contributed by atoms with Gasteiger partial charge in [0.1, 0.15) is 0 Å². The molecule has 1 fully saturated rings. The van der Waals surface area contributed by atoms with Crippen molar-refractivity contribution in [1.82, 2.24) is 5.32 Å². The summed E-state index contributed by atoms with van der Waals surface area (Å²) < 4.78 is 4.95. The lowest BCUT2D eigenvalue weighted by Crippen LogP contribution is -2.36. The second kappa shape index (κ2) is 6.84. The number of hydrogen-bond donors (Lipinski definition) is 2. The molecule has 0 radical (unpaired) electrons. The first-order chi connectivity index (χ1) is 8.06. The molecule has 0 atom stereocenters. The Hall–Kier alpha value is -0.770. The van der Waals surface area contributed by atoms with Crippen LogP contribution in [0.4, 0.5) is 0 Å². The van der Waals surface area contributed by atoms with E-state index in [2.05, 4.69) is 24.2 Å². The van der Waals surface area contributed by atoms with E-state index in [4.69, 9.17) is 10.5 Å². The molecule has 1 aliphatic rings. The van der Waals surface area contributed by atoms with E-state index in [0.29, 0.717) is 12.6 Å². The predicted octanol–water partition coefficient (Wildman–Crippen LogP) is 1.75. The molecule has 0 aromatic carbocycles. The molecule has 1 rings (SSSR count). The molecule has 0 unspecified atom stereocenters. The zero-order valence-corrected chi connectivity index (χ0v) is 11.5. The number of nitrogens with two attached hydrogens (primary N) is 1. The number of nitrogens with zero attached hydrogens (tertiary/aromatic N) is 1. The normalized spacial score (nSPS) is 18.6. The Morgan fingerprint density at radius 2 is 2.06 bits per heavy atom. The monoisotopic (exact) mass is 241 g/mol. The minimum absolute atomic E-state index is 0.268. The number of guanidine groups is 1. The summed E-state index contributed by atoms with van der Waals surface area (Å²) in [6.45, 7) is 6.78. The fourth-order valence-electron chi connectivity index (χ4n) is 2.46. The third kappa shape index (κ3) is 4.94. The highest BCUT2D eigenvalue weighted by molar-refractivity contribution is 5.77. The summed E-state index contributed by atoms with van der Waals surface area (Å²) in [5.41, 5.74) is 6.07. The van der Waals surface area contributed by atoms with Crippen LogP contribution in [0.2, 0.25) is 0 Å². The molecule has 4 heteroatoms. The molecule has 0 aromatic rings. The van der Waals surface area contributed by atoms with Gasteiger partial charge in [0.15, 0.2) is 5.96 Å². The van der Waals surface area contributed by atoms with E-state index in [1.165, 1.54) is 25.7 Å².